The molecule has 2 aromatic rings. The second kappa shape index (κ2) is 8.53. The van der Waals surface area contributed by atoms with Crippen LogP contribution in [0.1, 0.15) is 23.2 Å². The first-order valence-corrected chi connectivity index (χ1v) is 8.72. The molecule has 3 rings (SSSR count). The van der Waals surface area contributed by atoms with E-state index < -0.39 is 17.7 Å². The second-order valence-corrected chi connectivity index (χ2v) is 6.21. The molecule has 1 saturated heterocycles. The predicted molar refractivity (Wildman–Crippen MR) is 99.8 cm³/mol. The molecule has 0 aromatic heterocycles. The minimum absolute atomic E-state index is 0.272. The van der Waals surface area contributed by atoms with E-state index in [0.29, 0.717) is 11.3 Å². The summed E-state index contributed by atoms with van der Waals surface area (Å²) >= 11 is 0. The molecule has 1 fully saturated rings. The summed E-state index contributed by atoms with van der Waals surface area (Å²) in [5.74, 6) is -1.04. The largest absolute Gasteiger partial charge is 0.484 e. The third kappa shape index (κ3) is 4.75. The van der Waals surface area contributed by atoms with Crippen LogP contribution in [0.4, 0.5) is 15.8 Å². The number of anilines is 2. The topological polar surface area (TPSA) is 67.9 Å². The van der Waals surface area contributed by atoms with Crippen LogP contribution in [-0.4, -0.2) is 38.7 Å². The number of nitrogens with zero attached hydrogens (tertiary/aromatic N) is 1. The fourth-order valence-corrected chi connectivity index (χ4v) is 3.01. The number of benzene rings is 2. The number of ether oxygens (including phenoxy) is 2. The number of halogens is 1. The number of esters is 1. The first-order valence-electron chi connectivity index (χ1n) is 8.72. The van der Waals surface area contributed by atoms with Crippen molar-refractivity contribution in [1.29, 1.82) is 0 Å². The molecular formula is C20H21FN2O4. The predicted octanol–water partition coefficient (Wildman–Crippen LogP) is 3.23. The lowest BCUT2D eigenvalue weighted by molar-refractivity contribution is -0.118. The molecule has 1 heterocycles. The summed E-state index contributed by atoms with van der Waals surface area (Å²) in [5.41, 5.74) is 1.72. The van der Waals surface area contributed by atoms with E-state index in [1.807, 2.05) is 0 Å². The van der Waals surface area contributed by atoms with Gasteiger partial charge in [-0.05, 0) is 43.2 Å². The number of carbonyl (C=O) groups is 2. The van der Waals surface area contributed by atoms with Crippen molar-refractivity contribution in [1.82, 2.24) is 0 Å². The van der Waals surface area contributed by atoms with E-state index in [9.17, 15) is 14.0 Å². The zero-order valence-corrected chi connectivity index (χ0v) is 15.0. The summed E-state index contributed by atoms with van der Waals surface area (Å²) in [4.78, 5) is 26.3. The summed E-state index contributed by atoms with van der Waals surface area (Å²) in [7, 11) is 1.31. The normalized spacial score (nSPS) is 13.3. The number of hydrogen-bond acceptors (Lipinski definition) is 5. The number of amides is 1. The highest BCUT2D eigenvalue weighted by Crippen LogP contribution is 2.30. The lowest BCUT2D eigenvalue weighted by atomic mass is 10.1. The van der Waals surface area contributed by atoms with Gasteiger partial charge in [-0.25, -0.2) is 9.18 Å². The van der Waals surface area contributed by atoms with E-state index in [2.05, 4.69) is 10.2 Å². The number of nitrogens with one attached hydrogen (secondary N) is 1. The lowest BCUT2D eigenvalue weighted by Gasteiger charge is -2.22. The third-order valence-corrected chi connectivity index (χ3v) is 4.30. The maximum atomic E-state index is 13.2. The van der Waals surface area contributed by atoms with Gasteiger partial charge in [-0.1, -0.05) is 6.07 Å². The van der Waals surface area contributed by atoms with Crippen LogP contribution in [0.25, 0.3) is 0 Å². The Kier molecular flexibility index (Phi) is 5.90. The molecule has 1 amide bonds. The fraction of sp³-hybridized carbons (Fsp3) is 0.300. The van der Waals surface area contributed by atoms with Crippen molar-refractivity contribution in [2.45, 2.75) is 12.8 Å². The Morgan fingerprint density at radius 2 is 1.93 bits per heavy atom. The van der Waals surface area contributed by atoms with Crippen LogP contribution in [0.5, 0.6) is 5.75 Å². The van der Waals surface area contributed by atoms with Gasteiger partial charge >= 0.3 is 5.97 Å². The van der Waals surface area contributed by atoms with Gasteiger partial charge in [0.05, 0.1) is 24.0 Å². The first kappa shape index (κ1) is 18.7. The molecule has 0 bridgehead atoms. The molecule has 0 saturated carbocycles. The quantitative estimate of drug-likeness (QED) is 0.789. The lowest BCUT2D eigenvalue weighted by Crippen LogP contribution is -2.24. The number of methoxy groups -OCH3 is 1. The molecule has 7 heteroatoms. The molecule has 2 aromatic carbocycles. The molecule has 0 spiro atoms. The molecule has 1 N–H and O–H groups in total. The summed E-state index contributed by atoms with van der Waals surface area (Å²) < 4.78 is 23.3. The molecular weight excluding hydrogens is 351 g/mol. The minimum Gasteiger partial charge on any atom is -0.484 e. The average Bonchev–Trinajstić information content (AvgIpc) is 3.20. The van der Waals surface area contributed by atoms with E-state index in [0.717, 1.165) is 31.6 Å². The van der Waals surface area contributed by atoms with Crippen molar-refractivity contribution in [3.63, 3.8) is 0 Å². The maximum absolute atomic E-state index is 13.2. The molecule has 0 radical (unpaired) electrons. The van der Waals surface area contributed by atoms with Crippen LogP contribution in [0.15, 0.2) is 42.5 Å². The highest BCUT2D eigenvalue weighted by Gasteiger charge is 2.19. The summed E-state index contributed by atoms with van der Waals surface area (Å²) in [5, 5.41) is 2.78. The van der Waals surface area contributed by atoms with Crippen LogP contribution in [0.2, 0.25) is 0 Å². The Morgan fingerprint density at radius 3 is 2.63 bits per heavy atom. The van der Waals surface area contributed by atoms with Crippen LogP contribution in [-0.2, 0) is 9.53 Å². The van der Waals surface area contributed by atoms with Crippen LogP contribution < -0.4 is 15.0 Å². The highest BCUT2D eigenvalue weighted by molar-refractivity contribution is 5.98. The van der Waals surface area contributed by atoms with Gasteiger partial charge in [-0.2, -0.15) is 0 Å². The summed E-state index contributed by atoms with van der Waals surface area (Å²) in [6.07, 6.45) is 2.16. The maximum Gasteiger partial charge on any atom is 0.337 e. The van der Waals surface area contributed by atoms with Crippen molar-refractivity contribution in [2.24, 2.45) is 0 Å². The molecule has 0 unspecified atom stereocenters. The SMILES string of the molecule is COC(=O)c1ccc(N2CCCC2)c(NC(=O)COc2cccc(F)c2)c1. The Hall–Kier alpha value is -3.09. The zero-order valence-electron chi connectivity index (χ0n) is 15.0. The molecule has 142 valence electrons. The van der Waals surface area contributed by atoms with Crippen molar-refractivity contribution in [3.05, 3.63) is 53.8 Å². The summed E-state index contributed by atoms with van der Waals surface area (Å²) in [6, 6.07) is 10.7. The van der Waals surface area contributed by atoms with E-state index in [1.165, 1.54) is 25.3 Å². The first-order chi connectivity index (χ1) is 13.1. The van der Waals surface area contributed by atoms with E-state index >= 15 is 0 Å². The van der Waals surface area contributed by atoms with E-state index in [1.54, 1.807) is 24.3 Å². The van der Waals surface area contributed by atoms with Gasteiger partial charge in [0.1, 0.15) is 11.6 Å². The monoisotopic (exact) mass is 372 g/mol. The van der Waals surface area contributed by atoms with Gasteiger partial charge in [-0.3, -0.25) is 4.79 Å². The van der Waals surface area contributed by atoms with Gasteiger partial charge in [0.2, 0.25) is 0 Å². The molecule has 0 atom stereocenters. The van der Waals surface area contributed by atoms with Gasteiger partial charge in [0.25, 0.3) is 5.91 Å². The van der Waals surface area contributed by atoms with Gasteiger partial charge in [0.15, 0.2) is 6.61 Å². The van der Waals surface area contributed by atoms with Crippen LogP contribution in [0.3, 0.4) is 0 Å². The average molecular weight is 372 g/mol. The van der Waals surface area contributed by atoms with Crippen LogP contribution in [0, 0.1) is 5.82 Å². The zero-order chi connectivity index (χ0) is 19.2. The number of carbonyl (C=O) groups excluding carboxylic acids is 2. The van der Waals surface area contributed by atoms with Crippen molar-refractivity contribution in [2.75, 3.05) is 37.0 Å². The second-order valence-electron chi connectivity index (χ2n) is 6.21. The molecule has 0 aliphatic carbocycles. The molecule has 1 aliphatic heterocycles. The molecule has 6 nitrogen and oxygen atoms in total. The Balaban J connectivity index is 1.74. The molecule has 27 heavy (non-hydrogen) atoms. The highest BCUT2D eigenvalue weighted by atomic mass is 19.1. The van der Waals surface area contributed by atoms with Crippen molar-refractivity contribution < 1.29 is 23.5 Å². The number of rotatable bonds is 6. The fourth-order valence-electron chi connectivity index (χ4n) is 3.01. The van der Waals surface area contributed by atoms with Crippen molar-refractivity contribution >= 4 is 23.3 Å². The Bertz CT molecular complexity index is 834. The molecule has 1 aliphatic rings. The third-order valence-electron chi connectivity index (χ3n) is 4.30. The van der Waals surface area contributed by atoms with Crippen LogP contribution >= 0.6 is 0 Å². The van der Waals surface area contributed by atoms with Crippen molar-refractivity contribution in [3.8, 4) is 5.75 Å². The van der Waals surface area contributed by atoms with Gasteiger partial charge in [0, 0.05) is 19.2 Å². The van der Waals surface area contributed by atoms with Gasteiger partial charge < -0.3 is 19.7 Å². The minimum atomic E-state index is -0.477. The van der Waals surface area contributed by atoms with E-state index in [4.69, 9.17) is 9.47 Å². The summed E-state index contributed by atoms with van der Waals surface area (Å²) in [6.45, 7) is 1.51. The number of hydrogen-bond donors (Lipinski definition) is 1. The standard InChI is InChI=1S/C20H21FN2O4/c1-26-20(25)14-7-8-18(23-9-2-3-10-23)17(11-14)22-19(24)13-27-16-6-4-5-15(21)12-16/h4-8,11-12H,2-3,9-10,13H2,1H3,(H,22,24). The van der Waals surface area contributed by atoms with E-state index in [-0.39, 0.29) is 12.4 Å². The van der Waals surface area contributed by atoms with Gasteiger partial charge in [-0.15, -0.1) is 0 Å². The Morgan fingerprint density at radius 1 is 1.15 bits per heavy atom. The smallest absolute Gasteiger partial charge is 0.337 e. The Labute approximate surface area is 156 Å².